The molecule has 0 radical (unpaired) electrons. The minimum atomic E-state index is -1.08. The second kappa shape index (κ2) is 5.53. The molecule has 0 saturated carbocycles. The topological polar surface area (TPSA) is 57.6 Å². The van der Waals surface area contributed by atoms with Gasteiger partial charge in [-0.1, -0.05) is 6.92 Å². The maximum Gasteiger partial charge on any atom is 0.328 e. The molecule has 1 aliphatic heterocycles. The number of nitrogens with zero attached hydrogens (tertiary/aromatic N) is 1. The van der Waals surface area contributed by atoms with E-state index in [1.165, 1.54) is 0 Å². The lowest BCUT2D eigenvalue weighted by Crippen LogP contribution is -2.42. The Morgan fingerprint density at radius 1 is 1.40 bits per heavy atom. The van der Waals surface area contributed by atoms with Crippen LogP contribution in [0, 0.1) is 0 Å². The number of amides is 1. The van der Waals surface area contributed by atoms with Crippen molar-refractivity contribution < 1.29 is 14.7 Å². The summed E-state index contributed by atoms with van der Waals surface area (Å²) in [5.74, 6) is -1.25. The Balaban J connectivity index is 2.59. The number of carbonyl (C=O) groups excluding carboxylic acids is 1. The highest BCUT2D eigenvalue weighted by molar-refractivity contribution is 5.94. The average molecular weight is 211 g/mol. The molecular formula is C11H17NO3. The summed E-state index contributed by atoms with van der Waals surface area (Å²) in [6.07, 6.45) is 6.20. The van der Waals surface area contributed by atoms with Gasteiger partial charge in [0.25, 0.3) is 0 Å². The molecule has 1 heterocycles. The molecule has 1 atom stereocenters. The molecule has 1 amide bonds. The van der Waals surface area contributed by atoms with Crippen LogP contribution >= 0.6 is 0 Å². The zero-order chi connectivity index (χ0) is 11.3. The fourth-order valence-corrected chi connectivity index (χ4v) is 1.95. The number of carbonyl (C=O) groups is 2. The van der Waals surface area contributed by atoms with Crippen molar-refractivity contribution in [2.24, 2.45) is 0 Å². The number of hydrogen-bond acceptors (Lipinski definition) is 2. The molecule has 1 N–H and O–H groups in total. The Hall–Kier alpha value is -1.32. The van der Waals surface area contributed by atoms with Gasteiger partial charge in [-0.3, -0.25) is 4.79 Å². The van der Waals surface area contributed by atoms with E-state index < -0.39 is 5.97 Å². The SMILES string of the molecule is CC[C@@H]1CCCCN1C(=O)/C=C/C(=O)O. The minimum absolute atomic E-state index is 0.177. The van der Waals surface area contributed by atoms with E-state index in [0.717, 1.165) is 44.4 Å². The van der Waals surface area contributed by atoms with Crippen LogP contribution in [0.15, 0.2) is 12.2 Å². The summed E-state index contributed by atoms with van der Waals surface area (Å²) in [7, 11) is 0. The van der Waals surface area contributed by atoms with Gasteiger partial charge < -0.3 is 10.0 Å². The zero-order valence-corrected chi connectivity index (χ0v) is 8.98. The summed E-state index contributed by atoms with van der Waals surface area (Å²) in [4.78, 5) is 23.7. The van der Waals surface area contributed by atoms with Crippen LogP contribution in [-0.4, -0.2) is 34.5 Å². The van der Waals surface area contributed by atoms with Crippen molar-refractivity contribution in [2.45, 2.75) is 38.6 Å². The molecule has 1 aliphatic rings. The van der Waals surface area contributed by atoms with Crippen LogP contribution in [0.2, 0.25) is 0 Å². The van der Waals surface area contributed by atoms with Gasteiger partial charge in [-0.2, -0.15) is 0 Å². The van der Waals surface area contributed by atoms with Crippen LogP contribution in [-0.2, 0) is 9.59 Å². The summed E-state index contributed by atoms with van der Waals surface area (Å²) in [6.45, 7) is 2.80. The van der Waals surface area contributed by atoms with Crippen LogP contribution in [0.4, 0.5) is 0 Å². The maximum absolute atomic E-state index is 11.6. The quantitative estimate of drug-likeness (QED) is 0.718. The molecule has 1 saturated heterocycles. The van der Waals surface area contributed by atoms with Crippen molar-refractivity contribution in [3.63, 3.8) is 0 Å². The van der Waals surface area contributed by atoms with Gasteiger partial charge in [0.05, 0.1) is 0 Å². The Labute approximate surface area is 89.6 Å². The van der Waals surface area contributed by atoms with Crippen molar-refractivity contribution >= 4 is 11.9 Å². The average Bonchev–Trinajstić information content (AvgIpc) is 2.25. The third-order valence-electron chi connectivity index (χ3n) is 2.75. The number of carboxylic acids is 1. The first-order valence-electron chi connectivity index (χ1n) is 5.36. The summed E-state index contributed by atoms with van der Waals surface area (Å²) in [6, 6.07) is 0.282. The molecular weight excluding hydrogens is 194 g/mol. The molecule has 0 spiro atoms. The Bertz CT molecular complexity index is 273. The highest BCUT2D eigenvalue weighted by Gasteiger charge is 2.23. The smallest absolute Gasteiger partial charge is 0.328 e. The maximum atomic E-state index is 11.6. The van der Waals surface area contributed by atoms with Crippen LogP contribution in [0.1, 0.15) is 32.6 Å². The standard InChI is InChI=1S/C11H17NO3/c1-2-9-5-3-4-8-12(9)10(13)6-7-11(14)15/h6-7,9H,2-5,8H2,1H3,(H,14,15)/b7-6+/t9-/m1/s1. The third kappa shape index (κ3) is 3.38. The summed E-state index contributed by atoms with van der Waals surface area (Å²) < 4.78 is 0. The normalized spacial score (nSPS) is 21.9. The molecule has 15 heavy (non-hydrogen) atoms. The van der Waals surface area contributed by atoms with Crippen LogP contribution in [0.3, 0.4) is 0 Å². The molecule has 4 nitrogen and oxygen atoms in total. The molecule has 0 aromatic heterocycles. The summed E-state index contributed by atoms with van der Waals surface area (Å²) in [5, 5.41) is 8.43. The van der Waals surface area contributed by atoms with Gasteiger partial charge >= 0.3 is 5.97 Å². The van der Waals surface area contributed by atoms with Gasteiger partial charge in [-0.15, -0.1) is 0 Å². The first-order chi connectivity index (χ1) is 7.15. The number of likely N-dealkylation sites (tertiary alicyclic amines) is 1. The molecule has 0 aromatic carbocycles. The second-order valence-corrected chi connectivity index (χ2v) is 3.76. The highest BCUT2D eigenvalue weighted by atomic mass is 16.4. The van der Waals surface area contributed by atoms with E-state index in [9.17, 15) is 9.59 Å². The Kier molecular flexibility index (Phi) is 4.34. The molecule has 1 fully saturated rings. The largest absolute Gasteiger partial charge is 0.478 e. The fourth-order valence-electron chi connectivity index (χ4n) is 1.95. The van der Waals surface area contributed by atoms with Crippen molar-refractivity contribution in [2.75, 3.05) is 6.54 Å². The van der Waals surface area contributed by atoms with Crippen LogP contribution in [0.25, 0.3) is 0 Å². The van der Waals surface area contributed by atoms with E-state index >= 15 is 0 Å². The predicted octanol–water partition coefficient (Wildman–Crippen LogP) is 1.42. The molecule has 0 aromatic rings. The predicted molar refractivity (Wildman–Crippen MR) is 56.4 cm³/mol. The Morgan fingerprint density at radius 3 is 2.73 bits per heavy atom. The van der Waals surface area contributed by atoms with E-state index in [-0.39, 0.29) is 11.9 Å². The first-order valence-corrected chi connectivity index (χ1v) is 5.36. The van der Waals surface area contributed by atoms with Gasteiger partial charge in [0.15, 0.2) is 0 Å². The molecule has 0 bridgehead atoms. The number of rotatable bonds is 3. The highest BCUT2D eigenvalue weighted by Crippen LogP contribution is 2.19. The van der Waals surface area contributed by atoms with E-state index in [1.54, 1.807) is 4.90 Å². The van der Waals surface area contributed by atoms with Crippen molar-refractivity contribution in [3.05, 3.63) is 12.2 Å². The lowest BCUT2D eigenvalue weighted by molar-refractivity contribution is -0.133. The lowest BCUT2D eigenvalue weighted by Gasteiger charge is -2.34. The van der Waals surface area contributed by atoms with E-state index in [2.05, 4.69) is 6.92 Å². The van der Waals surface area contributed by atoms with Crippen molar-refractivity contribution in [3.8, 4) is 0 Å². The summed E-state index contributed by atoms with van der Waals surface area (Å²) in [5.41, 5.74) is 0. The number of hydrogen-bond donors (Lipinski definition) is 1. The Morgan fingerprint density at radius 2 is 2.13 bits per heavy atom. The molecule has 1 rings (SSSR count). The molecule has 4 heteroatoms. The molecule has 0 unspecified atom stereocenters. The van der Waals surface area contributed by atoms with Crippen LogP contribution in [0.5, 0.6) is 0 Å². The lowest BCUT2D eigenvalue weighted by atomic mass is 10.00. The zero-order valence-electron chi connectivity index (χ0n) is 8.98. The fraction of sp³-hybridized carbons (Fsp3) is 0.636. The molecule has 84 valence electrons. The minimum Gasteiger partial charge on any atom is -0.478 e. The molecule has 0 aliphatic carbocycles. The van der Waals surface area contributed by atoms with Crippen molar-refractivity contribution in [1.29, 1.82) is 0 Å². The summed E-state index contributed by atoms with van der Waals surface area (Å²) >= 11 is 0. The van der Waals surface area contributed by atoms with Gasteiger partial charge in [0.1, 0.15) is 0 Å². The first kappa shape index (κ1) is 11.8. The number of carboxylic acid groups (broad SMARTS) is 1. The van der Waals surface area contributed by atoms with Gasteiger partial charge in [0.2, 0.25) is 5.91 Å². The van der Waals surface area contributed by atoms with Gasteiger partial charge in [0, 0.05) is 24.7 Å². The van der Waals surface area contributed by atoms with E-state index in [0.29, 0.717) is 0 Å². The van der Waals surface area contributed by atoms with Gasteiger partial charge in [-0.25, -0.2) is 4.79 Å². The van der Waals surface area contributed by atoms with Crippen molar-refractivity contribution in [1.82, 2.24) is 4.90 Å². The van der Waals surface area contributed by atoms with Crippen LogP contribution < -0.4 is 0 Å². The third-order valence-corrected chi connectivity index (χ3v) is 2.75. The second-order valence-electron chi connectivity index (χ2n) is 3.76. The van der Waals surface area contributed by atoms with E-state index in [4.69, 9.17) is 5.11 Å². The number of aliphatic carboxylic acids is 1. The van der Waals surface area contributed by atoms with Gasteiger partial charge in [-0.05, 0) is 25.7 Å². The number of piperidine rings is 1. The van der Waals surface area contributed by atoms with E-state index in [1.807, 2.05) is 0 Å². The monoisotopic (exact) mass is 211 g/mol.